The van der Waals surface area contributed by atoms with E-state index in [4.69, 9.17) is 0 Å². The Morgan fingerprint density at radius 2 is 1.88 bits per heavy atom. The van der Waals surface area contributed by atoms with Gasteiger partial charge in [-0.1, -0.05) is 60.3 Å². The Morgan fingerprint density at radius 3 is 2.62 bits per heavy atom. The molecule has 1 heterocycles. The molecule has 1 amide bonds. The average molecular weight is 368 g/mol. The maximum Gasteiger partial charge on any atom is 0.272 e. The van der Waals surface area contributed by atoms with E-state index in [0.29, 0.717) is 10.7 Å². The van der Waals surface area contributed by atoms with Crippen molar-refractivity contribution >= 4 is 34.2 Å². The zero-order valence-electron chi connectivity index (χ0n) is 14.0. The van der Waals surface area contributed by atoms with Crippen LogP contribution in [-0.4, -0.2) is 27.0 Å². The fourth-order valence-corrected chi connectivity index (χ4v) is 3.45. The standard InChI is InChI=1S/C18H16N4O3S/c1-12(13-7-3-2-4-8-13)20-21-18-19-17(23)16(26-18)11-14-9-5-6-10-15(14)22(24)25/h2-10,16H,11H2,1H3,(H,19,21,23)/b20-12+. The number of hydrogen-bond acceptors (Lipinski definition) is 6. The number of carbonyl (C=O) groups is 1. The van der Waals surface area contributed by atoms with Gasteiger partial charge in [0.2, 0.25) is 5.91 Å². The Kier molecular flexibility index (Phi) is 5.43. The molecule has 1 unspecified atom stereocenters. The first kappa shape index (κ1) is 17.8. The summed E-state index contributed by atoms with van der Waals surface area (Å²) in [6.07, 6.45) is 0.258. The topological polar surface area (TPSA) is 97.0 Å². The number of nitrogens with zero attached hydrogens (tertiary/aromatic N) is 3. The second kappa shape index (κ2) is 7.92. The molecule has 1 aliphatic rings. The van der Waals surface area contributed by atoms with Crippen LogP contribution in [0.15, 0.2) is 64.8 Å². The van der Waals surface area contributed by atoms with Gasteiger partial charge >= 0.3 is 0 Å². The zero-order valence-corrected chi connectivity index (χ0v) is 14.8. The van der Waals surface area contributed by atoms with Gasteiger partial charge in [-0.05, 0) is 12.5 Å². The van der Waals surface area contributed by atoms with Crippen molar-refractivity contribution in [2.24, 2.45) is 10.2 Å². The molecule has 1 fully saturated rings. The highest BCUT2D eigenvalue weighted by Gasteiger charge is 2.32. The molecule has 0 saturated carbocycles. The molecule has 0 bridgehead atoms. The van der Waals surface area contributed by atoms with Crippen LogP contribution in [0.25, 0.3) is 0 Å². The molecule has 3 rings (SSSR count). The summed E-state index contributed by atoms with van der Waals surface area (Å²) in [6.45, 7) is 1.84. The fraction of sp³-hybridized carbons (Fsp3) is 0.167. The minimum absolute atomic E-state index is 0.0178. The summed E-state index contributed by atoms with van der Waals surface area (Å²) in [5, 5.41) is 22.0. The van der Waals surface area contributed by atoms with Gasteiger partial charge in [-0.15, -0.1) is 5.10 Å². The number of benzene rings is 2. The van der Waals surface area contributed by atoms with Gasteiger partial charge in [-0.25, -0.2) is 0 Å². The molecule has 1 N–H and O–H groups in total. The van der Waals surface area contributed by atoms with Gasteiger partial charge in [0, 0.05) is 18.1 Å². The van der Waals surface area contributed by atoms with Crippen LogP contribution >= 0.6 is 11.8 Å². The van der Waals surface area contributed by atoms with Crippen LogP contribution in [0.5, 0.6) is 0 Å². The van der Waals surface area contributed by atoms with E-state index in [1.165, 1.54) is 17.8 Å². The van der Waals surface area contributed by atoms with Gasteiger partial charge in [-0.3, -0.25) is 14.9 Å². The lowest BCUT2D eigenvalue weighted by Gasteiger charge is -2.05. The first-order valence-corrected chi connectivity index (χ1v) is 8.80. The van der Waals surface area contributed by atoms with Gasteiger partial charge in [0.15, 0.2) is 5.17 Å². The third-order valence-corrected chi connectivity index (χ3v) is 4.92. The highest BCUT2D eigenvalue weighted by molar-refractivity contribution is 8.15. The van der Waals surface area contributed by atoms with Crippen molar-refractivity contribution in [2.45, 2.75) is 18.6 Å². The summed E-state index contributed by atoms with van der Waals surface area (Å²) in [6, 6.07) is 16.0. The molecule has 132 valence electrons. The normalized spacial score (nSPS) is 18.8. The molecular weight excluding hydrogens is 352 g/mol. The van der Waals surface area contributed by atoms with E-state index < -0.39 is 10.2 Å². The predicted molar refractivity (Wildman–Crippen MR) is 102 cm³/mol. The summed E-state index contributed by atoms with van der Waals surface area (Å²) in [5.41, 5.74) is 2.22. The molecule has 1 atom stereocenters. The van der Waals surface area contributed by atoms with E-state index >= 15 is 0 Å². The number of amides is 1. The van der Waals surface area contributed by atoms with Gasteiger partial charge < -0.3 is 5.32 Å². The number of thioether (sulfide) groups is 1. The lowest BCUT2D eigenvalue weighted by atomic mass is 10.1. The Hall–Kier alpha value is -3.00. The van der Waals surface area contributed by atoms with E-state index in [-0.39, 0.29) is 18.0 Å². The van der Waals surface area contributed by atoms with E-state index in [1.807, 2.05) is 37.3 Å². The molecule has 1 saturated heterocycles. The maximum atomic E-state index is 12.2. The molecule has 0 aromatic heterocycles. The zero-order chi connectivity index (χ0) is 18.5. The highest BCUT2D eigenvalue weighted by Crippen LogP contribution is 2.27. The Bertz CT molecular complexity index is 896. The first-order chi connectivity index (χ1) is 12.5. The van der Waals surface area contributed by atoms with Crippen LogP contribution in [0.3, 0.4) is 0 Å². The number of carbonyl (C=O) groups excluding carboxylic acids is 1. The molecule has 1 aliphatic heterocycles. The lowest BCUT2D eigenvalue weighted by Crippen LogP contribution is -2.26. The second-order valence-corrected chi connectivity index (χ2v) is 6.83. The van der Waals surface area contributed by atoms with E-state index in [1.54, 1.807) is 18.2 Å². The first-order valence-electron chi connectivity index (χ1n) is 7.92. The largest absolute Gasteiger partial charge is 0.303 e. The SMILES string of the molecule is C/C(=N\N=C1/NC(=O)C(Cc2ccccc2[N+](=O)[O-])S1)c1ccccc1. The smallest absolute Gasteiger partial charge is 0.272 e. The average Bonchev–Trinajstić information content (AvgIpc) is 3.00. The van der Waals surface area contributed by atoms with Crippen LogP contribution in [0.4, 0.5) is 5.69 Å². The van der Waals surface area contributed by atoms with E-state index in [0.717, 1.165) is 11.3 Å². The minimum atomic E-state index is -0.470. The number of amidine groups is 1. The van der Waals surface area contributed by atoms with Crippen molar-refractivity contribution in [1.82, 2.24) is 5.32 Å². The van der Waals surface area contributed by atoms with Crippen molar-refractivity contribution in [3.8, 4) is 0 Å². The molecule has 0 spiro atoms. The Morgan fingerprint density at radius 1 is 1.19 bits per heavy atom. The Balaban J connectivity index is 1.72. The molecule has 0 radical (unpaired) electrons. The highest BCUT2D eigenvalue weighted by atomic mass is 32.2. The van der Waals surface area contributed by atoms with Crippen molar-refractivity contribution < 1.29 is 9.72 Å². The van der Waals surface area contributed by atoms with Gasteiger partial charge in [0.1, 0.15) is 0 Å². The lowest BCUT2D eigenvalue weighted by molar-refractivity contribution is -0.385. The van der Waals surface area contributed by atoms with Crippen LogP contribution in [0, 0.1) is 10.1 Å². The third-order valence-electron chi connectivity index (χ3n) is 3.85. The van der Waals surface area contributed by atoms with Crippen molar-refractivity contribution in [2.75, 3.05) is 0 Å². The number of nitro groups is 1. The van der Waals surface area contributed by atoms with Crippen LogP contribution < -0.4 is 5.32 Å². The quantitative estimate of drug-likeness (QED) is 0.498. The van der Waals surface area contributed by atoms with Crippen molar-refractivity contribution in [3.05, 3.63) is 75.8 Å². The van der Waals surface area contributed by atoms with Gasteiger partial charge in [0.05, 0.1) is 15.9 Å². The molecule has 8 heteroatoms. The predicted octanol–water partition coefficient (Wildman–Crippen LogP) is 3.15. The minimum Gasteiger partial charge on any atom is -0.303 e. The van der Waals surface area contributed by atoms with E-state index in [2.05, 4.69) is 15.5 Å². The molecule has 7 nitrogen and oxygen atoms in total. The summed E-state index contributed by atoms with van der Waals surface area (Å²) < 4.78 is 0. The van der Waals surface area contributed by atoms with Gasteiger partial charge in [0.25, 0.3) is 5.69 Å². The summed E-state index contributed by atoms with van der Waals surface area (Å²) in [5.74, 6) is -0.223. The fourth-order valence-electron chi connectivity index (χ4n) is 2.51. The molecular formula is C18H16N4O3S. The number of rotatable bonds is 5. The van der Waals surface area contributed by atoms with Crippen molar-refractivity contribution in [3.63, 3.8) is 0 Å². The van der Waals surface area contributed by atoms with Crippen LogP contribution in [-0.2, 0) is 11.2 Å². The third kappa shape index (κ3) is 4.15. The number of para-hydroxylation sites is 1. The maximum absolute atomic E-state index is 12.2. The van der Waals surface area contributed by atoms with E-state index in [9.17, 15) is 14.9 Å². The summed E-state index contributed by atoms with van der Waals surface area (Å²) >= 11 is 1.23. The summed E-state index contributed by atoms with van der Waals surface area (Å²) in [7, 11) is 0. The number of nitrogens with one attached hydrogen (secondary N) is 1. The molecule has 2 aromatic carbocycles. The van der Waals surface area contributed by atoms with Crippen molar-refractivity contribution in [1.29, 1.82) is 0 Å². The summed E-state index contributed by atoms with van der Waals surface area (Å²) in [4.78, 5) is 22.8. The van der Waals surface area contributed by atoms with Crippen LogP contribution in [0.1, 0.15) is 18.1 Å². The molecule has 26 heavy (non-hydrogen) atoms. The van der Waals surface area contributed by atoms with Crippen LogP contribution in [0.2, 0.25) is 0 Å². The monoisotopic (exact) mass is 368 g/mol. The Labute approximate surface area is 154 Å². The second-order valence-electron chi connectivity index (χ2n) is 5.64. The number of hydrogen-bond donors (Lipinski definition) is 1. The molecule has 2 aromatic rings. The molecule has 0 aliphatic carbocycles. The van der Waals surface area contributed by atoms with Gasteiger partial charge in [-0.2, -0.15) is 5.10 Å². The number of nitro benzene ring substituents is 1.